The Bertz CT molecular complexity index is 1100. The molecule has 0 aliphatic carbocycles. The lowest BCUT2D eigenvalue weighted by Gasteiger charge is -2.06. The Kier molecular flexibility index (Phi) is 3.28. The van der Waals surface area contributed by atoms with Crippen molar-refractivity contribution in [2.45, 2.75) is 0 Å². The second kappa shape index (κ2) is 5.58. The zero-order valence-corrected chi connectivity index (χ0v) is 12.6. The number of hydrogen-bond donors (Lipinski definition) is 3. The Balaban J connectivity index is 1.80. The molecule has 2 aromatic carbocycles. The molecule has 4 rings (SSSR count). The summed E-state index contributed by atoms with van der Waals surface area (Å²) in [4.78, 5) is 14.4. The molecule has 0 saturated carbocycles. The molecule has 2 aromatic heterocycles. The number of aromatic amines is 2. The van der Waals surface area contributed by atoms with Gasteiger partial charge in [0.05, 0.1) is 23.1 Å². The molecule has 24 heavy (non-hydrogen) atoms. The van der Waals surface area contributed by atoms with Gasteiger partial charge in [-0.3, -0.25) is 5.10 Å². The van der Waals surface area contributed by atoms with Crippen LogP contribution in [0, 0.1) is 0 Å². The van der Waals surface area contributed by atoms with Crippen molar-refractivity contribution in [3.63, 3.8) is 0 Å². The van der Waals surface area contributed by atoms with Crippen LogP contribution in [-0.2, 0) is 0 Å². The molecule has 0 atom stereocenters. The van der Waals surface area contributed by atoms with Gasteiger partial charge in [-0.25, -0.2) is 9.36 Å². The van der Waals surface area contributed by atoms with Gasteiger partial charge in [-0.2, -0.15) is 5.10 Å². The number of para-hydroxylation sites is 2. The molecule has 6 heteroatoms. The maximum absolute atomic E-state index is 11.9. The molecule has 4 aromatic rings. The predicted molar refractivity (Wildman–Crippen MR) is 93.1 cm³/mol. The first-order chi connectivity index (χ1) is 11.7. The van der Waals surface area contributed by atoms with Crippen molar-refractivity contribution >= 4 is 23.1 Å². The van der Waals surface area contributed by atoms with E-state index in [9.17, 15) is 9.90 Å². The zero-order chi connectivity index (χ0) is 16.5. The third-order valence-corrected chi connectivity index (χ3v) is 3.86. The first-order valence-electron chi connectivity index (χ1n) is 7.44. The molecule has 0 unspecified atom stereocenters. The van der Waals surface area contributed by atoms with Crippen molar-refractivity contribution < 1.29 is 5.11 Å². The fourth-order valence-electron chi connectivity index (χ4n) is 2.70. The van der Waals surface area contributed by atoms with Crippen LogP contribution in [0.2, 0.25) is 0 Å². The molecule has 0 fully saturated rings. The summed E-state index contributed by atoms with van der Waals surface area (Å²) in [6.45, 7) is 0. The van der Waals surface area contributed by atoms with Crippen molar-refractivity contribution in [2.24, 2.45) is 0 Å². The average Bonchev–Trinajstić information content (AvgIpc) is 3.17. The third kappa shape index (κ3) is 2.30. The quantitative estimate of drug-likeness (QED) is 0.543. The minimum Gasteiger partial charge on any atom is -0.493 e. The Morgan fingerprint density at radius 1 is 1.04 bits per heavy atom. The standard InChI is InChI=1S/C18H14N4O2/c23-17-11-19-18(24)22(17)16-8-4-1-5-12(16)9-10-15-13-6-2-3-7-14(13)20-21-15/h1-11,23H,(H,19,24)(H,20,21). The number of nitrogens with one attached hydrogen (secondary N) is 2. The van der Waals surface area contributed by atoms with Crippen molar-refractivity contribution in [1.29, 1.82) is 0 Å². The van der Waals surface area contributed by atoms with Crippen LogP contribution < -0.4 is 5.69 Å². The first-order valence-corrected chi connectivity index (χ1v) is 7.44. The van der Waals surface area contributed by atoms with Gasteiger partial charge in [0, 0.05) is 5.39 Å². The largest absolute Gasteiger partial charge is 0.493 e. The second-order valence-electron chi connectivity index (χ2n) is 5.33. The molecule has 0 radical (unpaired) electrons. The van der Waals surface area contributed by atoms with Crippen LogP contribution >= 0.6 is 0 Å². The van der Waals surface area contributed by atoms with Gasteiger partial charge in [-0.05, 0) is 23.8 Å². The minimum absolute atomic E-state index is 0.133. The van der Waals surface area contributed by atoms with Gasteiger partial charge in [0.2, 0.25) is 5.88 Å². The highest BCUT2D eigenvalue weighted by Gasteiger charge is 2.10. The minimum atomic E-state index is -0.390. The maximum atomic E-state index is 11.9. The summed E-state index contributed by atoms with van der Waals surface area (Å²) in [6, 6.07) is 15.2. The number of imidazole rings is 1. The van der Waals surface area contributed by atoms with E-state index in [-0.39, 0.29) is 5.88 Å². The van der Waals surface area contributed by atoms with Crippen LogP contribution in [0.4, 0.5) is 0 Å². The fourth-order valence-corrected chi connectivity index (χ4v) is 2.70. The number of aromatic nitrogens is 4. The SMILES string of the molecule is O=c1[nH]cc(O)n1-c1ccccc1C=Cc1n[nH]c2ccccc12. The van der Waals surface area contributed by atoms with Crippen LogP contribution in [0.1, 0.15) is 11.3 Å². The van der Waals surface area contributed by atoms with E-state index in [1.165, 1.54) is 10.8 Å². The highest BCUT2D eigenvalue weighted by Crippen LogP contribution is 2.22. The highest BCUT2D eigenvalue weighted by molar-refractivity contribution is 5.89. The van der Waals surface area contributed by atoms with Crippen LogP contribution in [0.5, 0.6) is 5.88 Å². The van der Waals surface area contributed by atoms with Crippen LogP contribution in [0.3, 0.4) is 0 Å². The summed E-state index contributed by atoms with van der Waals surface area (Å²) >= 11 is 0. The van der Waals surface area contributed by atoms with Crippen LogP contribution in [0.15, 0.2) is 59.5 Å². The van der Waals surface area contributed by atoms with E-state index in [4.69, 9.17) is 0 Å². The lowest BCUT2D eigenvalue weighted by atomic mass is 10.1. The number of fused-ring (bicyclic) bond motifs is 1. The van der Waals surface area contributed by atoms with Crippen molar-refractivity contribution in [1.82, 2.24) is 19.7 Å². The molecular formula is C18H14N4O2. The van der Waals surface area contributed by atoms with E-state index >= 15 is 0 Å². The number of nitrogens with zero attached hydrogens (tertiary/aromatic N) is 2. The summed E-state index contributed by atoms with van der Waals surface area (Å²) in [5, 5.41) is 18.2. The summed E-state index contributed by atoms with van der Waals surface area (Å²) < 4.78 is 1.22. The molecule has 118 valence electrons. The molecule has 0 spiro atoms. The summed E-state index contributed by atoms with van der Waals surface area (Å²) in [7, 11) is 0. The molecule has 3 N–H and O–H groups in total. The maximum Gasteiger partial charge on any atom is 0.333 e. The lowest BCUT2D eigenvalue weighted by Crippen LogP contribution is -2.15. The van der Waals surface area contributed by atoms with E-state index < -0.39 is 5.69 Å². The monoisotopic (exact) mass is 318 g/mol. The molecule has 0 saturated heterocycles. The highest BCUT2D eigenvalue weighted by atomic mass is 16.3. The Morgan fingerprint density at radius 2 is 1.83 bits per heavy atom. The Hall–Kier alpha value is -3.54. The third-order valence-electron chi connectivity index (χ3n) is 3.86. The van der Waals surface area contributed by atoms with Gasteiger partial charge in [-0.1, -0.05) is 42.5 Å². The number of H-pyrrole nitrogens is 2. The van der Waals surface area contributed by atoms with Crippen molar-refractivity contribution in [3.05, 3.63) is 76.5 Å². The molecule has 0 bridgehead atoms. The molecule has 2 heterocycles. The lowest BCUT2D eigenvalue weighted by molar-refractivity contribution is 0.441. The molecule has 0 aliphatic rings. The number of rotatable bonds is 3. The first kappa shape index (κ1) is 14.1. The summed E-state index contributed by atoms with van der Waals surface area (Å²) in [5.74, 6) is -0.133. The van der Waals surface area contributed by atoms with Crippen molar-refractivity contribution in [2.75, 3.05) is 0 Å². The van der Waals surface area contributed by atoms with Gasteiger partial charge in [-0.15, -0.1) is 0 Å². The summed E-state index contributed by atoms with van der Waals surface area (Å²) in [6.07, 6.45) is 5.02. The molecule has 6 nitrogen and oxygen atoms in total. The topological polar surface area (TPSA) is 86.7 Å². The number of hydrogen-bond acceptors (Lipinski definition) is 3. The van der Waals surface area contributed by atoms with Gasteiger partial charge in [0.15, 0.2) is 0 Å². The van der Waals surface area contributed by atoms with Crippen LogP contribution in [0.25, 0.3) is 28.7 Å². The van der Waals surface area contributed by atoms with E-state index in [1.807, 2.05) is 54.6 Å². The predicted octanol–water partition coefficient (Wildman–Crippen LogP) is 2.92. The average molecular weight is 318 g/mol. The number of aromatic hydroxyl groups is 1. The Labute approximate surface area is 136 Å². The molecule has 0 aliphatic heterocycles. The molecular weight excluding hydrogens is 304 g/mol. The van der Waals surface area contributed by atoms with Crippen LogP contribution in [-0.4, -0.2) is 24.9 Å². The van der Waals surface area contributed by atoms with Gasteiger partial charge in [0.1, 0.15) is 0 Å². The van der Waals surface area contributed by atoms with Gasteiger partial charge < -0.3 is 10.1 Å². The molecule has 0 amide bonds. The normalized spacial score (nSPS) is 11.5. The van der Waals surface area contributed by atoms with E-state index in [2.05, 4.69) is 15.2 Å². The second-order valence-corrected chi connectivity index (χ2v) is 5.33. The van der Waals surface area contributed by atoms with Gasteiger partial charge in [0.25, 0.3) is 0 Å². The number of benzene rings is 2. The van der Waals surface area contributed by atoms with E-state index in [0.717, 1.165) is 22.2 Å². The van der Waals surface area contributed by atoms with E-state index in [0.29, 0.717) is 5.69 Å². The van der Waals surface area contributed by atoms with Crippen molar-refractivity contribution in [3.8, 4) is 11.6 Å². The van der Waals surface area contributed by atoms with Gasteiger partial charge >= 0.3 is 5.69 Å². The smallest absolute Gasteiger partial charge is 0.333 e. The zero-order valence-electron chi connectivity index (χ0n) is 12.6. The Morgan fingerprint density at radius 3 is 2.67 bits per heavy atom. The van der Waals surface area contributed by atoms with E-state index in [1.54, 1.807) is 6.07 Å². The summed E-state index contributed by atoms with van der Waals surface area (Å²) in [5.41, 5.74) is 2.77. The fraction of sp³-hybridized carbons (Fsp3) is 0.